The molecule has 28 heavy (non-hydrogen) atoms. The summed E-state index contributed by atoms with van der Waals surface area (Å²) in [5, 5.41) is 1.11. The number of hydrogen-bond donors (Lipinski definition) is 2. The fraction of sp³-hybridized carbons (Fsp3) is 0.318. The van der Waals surface area contributed by atoms with Crippen LogP contribution in [0.4, 0.5) is 17.5 Å². The molecule has 2 atom stereocenters. The minimum absolute atomic E-state index is 0.531. The van der Waals surface area contributed by atoms with Crippen LogP contribution in [0.2, 0.25) is 0 Å². The maximum Gasteiger partial charge on any atom is 0.137 e. The van der Waals surface area contributed by atoms with Crippen molar-refractivity contribution >= 4 is 34.4 Å². The quantitative estimate of drug-likeness (QED) is 0.731. The molecule has 2 aromatic heterocycles. The van der Waals surface area contributed by atoms with E-state index in [9.17, 15) is 0 Å². The summed E-state index contributed by atoms with van der Waals surface area (Å²) in [5.41, 5.74) is 15.1. The minimum atomic E-state index is 0.531. The van der Waals surface area contributed by atoms with Crippen LogP contribution in [0.15, 0.2) is 42.7 Å². The Morgan fingerprint density at radius 1 is 1.07 bits per heavy atom. The van der Waals surface area contributed by atoms with Gasteiger partial charge in [-0.15, -0.1) is 0 Å². The molecule has 1 saturated carbocycles. The van der Waals surface area contributed by atoms with Crippen LogP contribution in [-0.2, 0) is 6.42 Å². The van der Waals surface area contributed by atoms with E-state index in [4.69, 9.17) is 11.5 Å². The lowest BCUT2D eigenvalue weighted by Crippen LogP contribution is -2.32. The van der Waals surface area contributed by atoms with Crippen LogP contribution in [-0.4, -0.2) is 27.5 Å². The molecule has 6 nitrogen and oxygen atoms in total. The second-order valence-corrected chi connectivity index (χ2v) is 7.78. The van der Waals surface area contributed by atoms with Gasteiger partial charge in [-0.3, -0.25) is 0 Å². The number of anilines is 3. The Balaban J connectivity index is 1.29. The SMILES string of the molecule is Nc1ccc2ccc(/C=C/C3CCC(N4CCc5c(N)ncnc54)C3)cc2n1. The van der Waals surface area contributed by atoms with E-state index in [0.717, 1.165) is 41.7 Å². The van der Waals surface area contributed by atoms with Gasteiger partial charge in [0.2, 0.25) is 0 Å². The molecule has 2 unspecified atom stereocenters. The Labute approximate surface area is 164 Å². The molecule has 0 spiro atoms. The highest BCUT2D eigenvalue weighted by Crippen LogP contribution is 2.37. The molecule has 1 aromatic carbocycles. The third-order valence-corrected chi connectivity index (χ3v) is 6.02. The molecule has 0 amide bonds. The van der Waals surface area contributed by atoms with Crippen LogP contribution in [0.25, 0.3) is 17.0 Å². The van der Waals surface area contributed by atoms with Crippen molar-refractivity contribution in [3.05, 3.63) is 53.9 Å². The van der Waals surface area contributed by atoms with E-state index < -0.39 is 0 Å². The average molecular weight is 372 g/mol. The largest absolute Gasteiger partial charge is 0.384 e. The highest BCUT2D eigenvalue weighted by molar-refractivity contribution is 5.82. The van der Waals surface area contributed by atoms with Crippen molar-refractivity contribution in [3.8, 4) is 0 Å². The Bertz CT molecular complexity index is 1060. The van der Waals surface area contributed by atoms with Crippen LogP contribution in [0.3, 0.4) is 0 Å². The van der Waals surface area contributed by atoms with Crippen molar-refractivity contribution in [2.45, 2.75) is 31.7 Å². The molecule has 1 aliphatic heterocycles. The lowest BCUT2D eigenvalue weighted by atomic mass is 10.0. The molecule has 6 heteroatoms. The second kappa shape index (κ2) is 6.78. The molecule has 0 bridgehead atoms. The summed E-state index contributed by atoms with van der Waals surface area (Å²) in [6, 6.07) is 10.7. The number of aromatic nitrogens is 3. The molecule has 5 rings (SSSR count). The smallest absolute Gasteiger partial charge is 0.137 e. The van der Waals surface area contributed by atoms with Crippen molar-refractivity contribution in [2.75, 3.05) is 22.9 Å². The zero-order valence-electron chi connectivity index (χ0n) is 15.8. The first kappa shape index (κ1) is 17.0. The van der Waals surface area contributed by atoms with Crippen molar-refractivity contribution in [1.82, 2.24) is 15.0 Å². The lowest BCUT2D eigenvalue weighted by molar-refractivity contribution is 0.599. The Kier molecular flexibility index (Phi) is 4.11. The summed E-state index contributed by atoms with van der Waals surface area (Å²) in [7, 11) is 0. The molecule has 2 aliphatic rings. The first-order chi connectivity index (χ1) is 13.7. The van der Waals surface area contributed by atoms with E-state index in [1.807, 2.05) is 12.1 Å². The number of nitrogens with two attached hydrogens (primary N) is 2. The van der Waals surface area contributed by atoms with Gasteiger partial charge in [-0.1, -0.05) is 24.3 Å². The summed E-state index contributed by atoms with van der Waals surface area (Å²) in [5.74, 6) is 2.81. The number of fused-ring (bicyclic) bond motifs is 2. The van der Waals surface area contributed by atoms with Crippen molar-refractivity contribution in [1.29, 1.82) is 0 Å². The Hall–Kier alpha value is -3.15. The van der Waals surface area contributed by atoms with Crippen molar-refractivity contribution < 1.29 is 0 Å². The van der Waals surface area contributed by atoms with Crippen LogP contribution in [0, 0.1) is 5.92 Å². The second-order valence-electron chi connectivity index (χ2n) is 7.78. The first-order valence-electron chi connectivity index (χ1n) is 9.88. The van der Waals surface area contributed by atoms with Crippen molar-refractivity contribution in [3.63, 3.8) is 0 Å². The van der Waals surface area contributed by atoms with Gasteiger partial charge in [-0.2, -0.15) is 0 Å². The van der Waals surface area contributed by atoms with Gasteiger partial charge in [0.25, 0.3) is 0 Å². The fourth-order valence-electron chi connectivity index (χ4n) is 4.55. The van der Waals surface area contributed by atoms with Gasteiger partial charge in [0.05, 0.1) is 5.52 Å². The van der Waals surface area contributed by atoms with Crippen LogP contribution in [0.1, 0.15) is 30.4 Å². The molecule has 4 N–H and O–H groups in total. The maximum atomic E-state index is 6.02. The van der Waals surface area contributed by atoms with Gasteiger partial charge in [0.15, 0.2) is 0 Å². The van der Waals surface area contributed by atoms with Gasteiger partial charge < -0.3 is 16.4 Å². The van der Waals surface area contributed by atoms with Gasteiger partial charge >= 0.3 is 0 Å². The summed E-state index contributed by atoms with van der Waals surface area (Å²) in [6.07, 6.45) is 10.6. The lowest BCUT2D eigenvalue weighted by Gasteiger charge is -2.25. The van der Waals surface area contributed by atoms with E-state index in [1.165, 1.54) is 18.4 Å². The molecule has 0 saturated heterocycles. The predicted molar refractivity (Wildman–Crippen MR) is 114 cm³/mol. The normalized spacial score (nSPS) is 21.6. The number of nitrogens with zero attached hydrogens (tertiary/aromatic N) is 4. The highest BCUT2D eigenvalue weighted by Gasteiger charge is 2.33. The molecular formula is C22H24N6. The van der Waals surface area contributed by atoms with E-state index in [-0.39, 0.29) is 0 Å². The predicted octanol–water partition coefficient (Wildman–Crippen LogP) is 3.43. The molecule has 3 aromatic rings. The Morgan fingerprint density at radius 2 is 1.96 bits per heavy atom. The first-order valence-corrected chi connectivity index (χ1v) is 9.88. The average Bonchev–Trinajstić information content (AvgIpc) is 3.33. The number of hydrogen-bond acceptors (Lipinski definition) is 6. The minimum Gasteiger partial charge on any atom is -0.384 e. The van der Waals surface area contributed by atoms with Crippen molar-refractivity contribution in [2.24, 2.45) is 5.92 Å². The molecule has 1 fully saturated rings. The fourth-order valence-corrected chi connectivity index (χ4v) is 4.55. The number of pyridine rings is 1. The van der Waals surface area contributed by atoms with E-state index in [2.05, 4.69) is 50.2 Å². The van der Waals surface area contributed by atoms with E-state index in [1.54, 1.807) is 6.33 Å². The maximum absolute atomic E-state index is 6.02. The summed E-state index contributed by atoms with van der Waals surface area (Å²) in [6.45, 7) is 0.997. The summed E-state index contributed by atoms with van der Waals surface area (Å²) >= 11 is 0. The summed E-state index contributed by atoms with van der Waals surface area (Å²) < 4.78 is 0. The third-order valence-electron chi connectivity index (χ3n) is 6.02. The standard InChI is InChI=1S/C22H24N6/c23-20-8-6-16-5-3-15(12-19(16)27-20)2-1-14-4-7-17(11-14)28-10-9-18-21(24)25-13-26-22(18)28/h1-3,5-6,8,12-14,17H,4,7,9-11H2,(H2,23,27)(H2,24,25,26)/b2-1+. The number of rotatable bonds is 3. The molecular weight excluding hydrogens is 348 g/mol. The van der Waals surface area contributed by atoms with E-state index >= 15 is 0 Å². The molecule has 0 radical (unpaired) electrons. The van der Waals surface area contributed by atoms with Gasteiger partial charge in [-0.05, 0) is 55.4 Å². The zero-order valence-corrected chi connectivity index (χ0v) is 15.8. The van der Waals surface area contributed by atoms with E-state index in [0.29, 0.717) is 23.6 Å². The summed E-state index contributed by atoms with van der Waals surface area (Å²) in [4.78, 5) is 15.5. The zero-order chi connectivity index (χ0) is 19.1. The molecule has 142 valence electrons. The topological polar surface area (TPSA) is 94.0 Å². The van der Waals surface area contributed by atoms with Gasteiger partial charge in [0, 0.05) is 23.5 Å². The van der Waals surface area contributed by atoms with Crippen LogP contribution < -0.4 is 16.4 Å². The van der Waals surface area contributed by atoms with Crippen LogP contribution in [0.5, 0.6) is 0 Å². The highest BCUT2D eigenvalue weighted by atomic mass is 15.2. The monoisotopic (exact) mass is 372 g/mol. The van der Waals surface area contributed by atoms with Crippen LogP contribution >= 0.6 is 0 Å². The Morgan fingerprint density at radius 3 is 2.89 bits per heavy atom. The number of allylic oxidation sites excluding steroid dienone is 1. The third kappa shape index (κ3) is 3.05. The number of nitrogen functional groups attached to an aromatic ring is 2. The molecule has 1 aliphatic carbocycles. The van der Waals surface area contributed by atoms with Gasteiger partial charge in [0.1, 0.15) is 23.8 Å². The van der Waals surface area contributed by atoms with Gasteiger partial charge in [-0.25, -0.2) is 15.0 Å². The molecule has 3 heterocycles. The number of benzene rings is 1.